The van der Waals surface area contributed by atoms with Crippen LogP contribution >= 0.6 is 23.4 Å². The van der Waals surface area contributed by atoms with Crippen LogP contribution in [-0.2, 0) is 4.79 Å². The van der Waals surface area contributed by atoms with Gasteiger partial charge < -0.3 is 10.1 Å². The summed E-state index contributed by atoms with van der Waals surface area (Å²) in [5, 5.41) is 3.67. The van der Waals surface area contributed by atoms with E-state index in [2.05, 4.69) is 5.32 Å². The maximum atomic E-state index is 12.3. The third kappa shape index (κ3) is 6.10. The summed E-state index contributed by atoms with van der Waals surface area (Å²) in [5.41, 5.74) is 1.11. The van der Waals surface area contributed by atoms with Crippen LogP contribution in [0.4, 0.5) is 0 Å². The first kappa shape index (κ1) is 18.7. The SMILES string of the molecule is CC[C@@H](Oc1cccc(C)c1)C(=O)NCCSc1ccc(Cl)cc1. The highest BCUT2D eigenvalue weighted by atomic mass is 35.5. The maximum Gasteiger partial charge on any atom is 0.261 e. The Morgan fingerprint density at radius 2 is 2.00 bits per heavy atom. The van der Waals surface area contributed by atoms with Gasteiger partial charge in [0, 0.05) is 22.2 Å². The van der Waals surface area contributed by atoms with Crippen LogP contribution in [0.2, 0.25) is 5.02 Å². The van der Waals surface area contributed by atoms with Crippen molar-refractivity contribution in [3.63, 3.8) is 0 Å². The molecule has 0 aliphatic carbocycles. The number of hydrogen-bond acceptors (Lipinski definition) is 3. The molecular weight excluding hydrogens is 342 g/mol. The van der Waals surface area contributed by atoms with Crippen LogP contribution in [0, 0.1) is 6.92 Å². The standard InChI is InChI=1S/C19H22ClNO2S/c1-3-18(23-16-6-4-5-14(2)13-16)19(22)21-11-12-24-17-9-7-15(20)8-10-17/h4-10,13,18H,3,11-12H2,1-2H3,(H,21,22)/t18-/m1/s1. The van der Waals surface area contributed by atoms with Gasteiger partial charge in [0.2, 0.25) is 0 Å². The Morgan fingerprint density at radius 3 is 2.67 bits per heavy atom. The number of aryl methyl sites for hydroxylation is 1. The predicted octanol–water partition coefficient (Wildman–Crippen LogP) is 4.71. The summed E-state index contributed by atoms with van der Waals surface area (Å²) in [6, 6.07) is 15.4. The zero-order chi connectivity index (χ0) is 17.4. The van der Waals surface area contributed by atoms with Gasteiger partial charge in [0.25, 0.3) is 5.91 Å². The van der Waals surface area contributed by atoms with Crippen LogP contribution < -0.4 is 10.1 Å². The summed E-state index contributed by atoms with van der Waals surface area (Å²) < 4.78 is 5.80. The predicted molar refractivity (Wildman–Crippen MR) is 101 cm³/mol. The molecule has 24 heavy (non-hydrogen) atoms. The van der Waals surface area contributed by atoms with E-state index in [4.69, 9.17) is 16.3 Å². The molecule has 0 bridgehead atoms. The second-order valence-electron chi connectivity index (χ2n) is 5.42. The van der Waals surface area contributed by atoms with Crippen molar-refractivity contribution in [1.29, 1.82) is 0 Å². The number of carbonyl (C=O) groups is 1. The van der Waals surface area contributed by atoms with Crippen LogP contribution in [0.1, 0.15) is 18.9 Å². The van der Waals surface area contributed by atoms with Crippen LogP contribution in [0.15, 0.2) is 53.4 Å². The van der Waals surface area contributed by atoms with Gasteiger partial charge in [-0.1, -0.05) is 30.7 Å². The first-order valence-corrected chi connectivity index (χ1v) is 9.34. The molecule has 2 rings (SSSR count). The number of halogens is 1. The van der Waals surface area contributed by atoms with E-state index in [9.17, 15) is 4.79 Å². The molecule has 0 fully saturated rings. The van der Waals surface area contributed by atoms with Crippen molar-refractivity contribution in [3.8, 4) is 5.75 Å². The van der Waals surface area contributed by atoms with Crippen LogP contribution in [0.5, 0.6) is 5.75 Å². The van der Waals surface area contributed by atoms with Crippen molar-refractivity contribution in [1.82, 2.24) is 5.32 Å². The topological polar surface area (TPSA) is 38.3 Å². The van der Waals surface area contributed by atoms with E-state index in [1.165, 1.54) is 0 Å². The summed E-state index contributed by atoms with van der Waals surface area (Å²) in [6.07, 6.45) is 0.164. The molecule has 0 heterocycles. The van der Waals surface area contributed by atoms with E-state index < -0.39 is 6.10 Å². The third-order valence-electron chi connectivity index (χ3n) is 3.41. The minimum absolute atomic E-state index is 0.0734. The van der Waals surface area contributed by atoms with Crippen LogP contribution in [0.25, 0.3) is 0 Å². The number of thioether (sulfide) groups is 1. The molecule has 0 aliphatic heterocycles. The Balaban J connectivity index is 1.76. The second kappa shape index (κ2) is 9.60. The van der Waals surface area contributed by atoms with Crippen molar-refractivity contribution in [3.05, 3.63) is 59.1 Å². The summed E-state index contributed by atoms with van der Waals surface area (Å²) >= 11 is 7.54. The molecular formula is C19H22ClNO2S. The van der Waals surface area contributed by atoms with E-state index in [-0.39, 0.29) is 5.91 Å². The maximum absolute atomic E-state index is 12.3. The molecule has 5 heteroatoms. The molecule has 0 aromatic heterocycles. The highest BCUT2D eigenvalue weighted by Gasteiger charge is 2.17. The number of ether oxygens (including phenoxy) is 1. The fourth-order valence-corrected chi connectivity index (χ4v) is 3.06. The molecule has 2 aromatic carbocycles. The number of hydrogen-bond donors (Lipinski definition) is 1. The Kier molecular flexibility index (Phi) is 7.47. The number of amides is 1. The zero-order valence-corrected chi connectivity index (χ0v) is 15.5. The summed E-state index contributed by atoms with van der Waals surface area (Å²) in [7, 11) is 0. The Hall–Kier alpha value is -1.65. The van der Waals surface area contributed by atoms with E-state index in [1.54, 1.807) is 11.8 Å². The quantitative estimate of drug-likeness (QED) is 0.545. The van der Waals surface area contributed by atoms with Crippen LogP contribution in [-0.4, -0.2) is 24.3 Å². The third-order valence-corrected chi connectivity index (χ3v) is 4.68. The lowest BCUT2D eigenvalue weighted by atomic mass is 10.2. The average Bonchev–Trinajstić information content (AvgIpc) is 2.58. The second-order valence-corrected chi connectivity index (χ2v) is 7.03. The molecule has 2 aromatic rings. The average molecular weight is 364 g/mol. The molecule has 0 radical (unpaired) electrons. The molecule has 128 valence electrons. The summed E-state index contributed by atoms with van der Waals surface area (Å²) in [6.45, 7) is 4.55. The first-order chi connectivity index (χ1) is 11.6. The van der Waals surface area contributed by atoms with E-state index >= 15 is 0 Å². The monoisotopic (exact) mass is 363 g/mol. The molecule has 1 amide bonds. The number of nitrogens with one attached hydrogen (secondary N) is 1. The van der Waals surface area contributed by atoms with E-state index in [0.29, 0.717) is 13.0 Å². The minimum atomic E-state index is -0.465. The molecule has 3 nitrogen and oxygen atoms in total. The van der Waals surface area contributed by atoms with Gasteiger partial charge >= 0.3 is 0 Å². The number of benzene rings is 2. The molecule has 0 unspecified atom stereocenters. The van der Waals surface area contributed by atoms with Gasteiger partial charge in [-0.15, -0.1) is 11.8 Å². The highest BCUT2D eigenvalue weighted by Crippen LogP contribution is 2.20. The van der Waals surface area contributed by atoms with E-state index in [1.807, 2.05) is 62.4 Å². The van der Waals surface area contributed by atoms with Crippen molar-refractivity contribution in [2.45, 2.75) is 31.3 Å². The molecule has 0 saturated carbocycles. The van der Waals surface area contributed by atoms with E-state index in [0.717, 1.165) is 27.0 Å². The van der Waals surface area contributed by atoms with Gasteiger partial charge in [-0.05, 0) is 55.3 Å². The first-order valence-electron chi connectivity index (χ1n) is 7.98. The van der Waals surface area contributed by atoms with Crippen molar-refractivity contribution in [2.24, 2.45) is 0 Å². The molecule has 0 spiro atoms. The molecule has 1 atom stereocenters. The molecule has 0 saturated heterocycles. The van der Waals surface area contributed by atoms with Crippen molar-refractivity contribution in [2.75, 3.05) is 12.3 Å². The van der Waals surface area contributed by atoms with Gasteiger partial charge in [-0.25, -0.2) is 0 Å². The highest BCUT2D eigenvalue weighted by molar-refractivity contribution is 7.99. The molecule has 1 N–H and O–H groups in total. The fourth-order valence-electron chi connectivity index (χ4n) is 2.16. The normalized spacial score (nSPS) is 11.8. The summed E-state index contributed by atoms with van der Waals surface area (Å²) in [5.74, 6) is 1.46. The molecule has 0 aliphatic rings. The smallest absolute Gasteiger partial charge is 0.261 e. The Labute approximate surface area is 152 Å². The van der Waals surface area contributed by atoms with Gasteiger partial charge in [-0.3, -0.25) is 4.79 Å². The van der Waals surface area contributed by atoms with Crippen LogP contribution in [0.3, 0.4) is 0 Å². The number of carbonyl (C=O) groups excluding carboxylic acids is 1. The number of rotatable bonds is 8. The largest absolute Gasteiger partial charge is 0.481 e. The lowest BCUT2D eigenvalue weighted by Crippen LogP contribution is -2.39. The lowest BCUT2D eigenvalue weighted by Gasteiger charge is -2.17. The Morgan fingerprint density at radius 1 is 1.25 bits per heavy atom. The Bertz CT molecular complexity index is 661. The fraction of sp³-hybridized carbons (Fsp3) is 0.316. The van der Waals surface area contributed by atoms with Crippen molar-refractivity contribution >= 4 is 29.3 Å². The van der Waals surface area contributed by atoms with Gasteiger partial charge in [0.1, 0.15) is 5.75 Å². The van der Waals surface area contributed by atoms with Gasteiger partial charge in [0.05, 0.1) is 0 Å². The summed E-state index contributed by atoms with van der Waals surface area (Å²) in [4.78, 5) is 13.4. The van der Waals surface area contributed by atoms with Gasteiger partial charge in [0.15, 0.2) is 6.10 Å². The minimum Gasteiger partial charge on any atom is -0.481 e. The van der Waals surface area contributed by atoms with Crippen molar-refractivity contribution < 1.29 is 9.53 Å². The zero-order valence-electron chi connectivity index (χ0n) is 13.9. The van der Waals surface area contributed by atoms with Gasteiger partial charge in [-0.2, -0.15) is 0 Å². The lowest BCUT2D eigenvalue weighted by molar-refractivity contribution is -0.127.